The lowest BCUT2D eigenvalue weighted by molar-refractivity contribution is 0.0614. The molecule has 0 aliphatic carbocycles. The van der Waals surface area contributed by atoms with E-state index in [1.54, 1.807) is 42.5 Å². The summed E-state index contributed by atoms with van der Waals surface area (Å²) in [5.41, 5.74) is 1.70. The number of imide groups is 1. The number of hydrogen-bond donors (Lipinski definition) is 0. The highest BCUT2D eigenvalue weighted by molar-refractivity contribution is 6.30. The van der Waals surface area contributed by atoms with Crippen LogP contribution in [0.2, 0.25) is 5.02 Å². The number of nitrogens with zero attached hydrogens (tertiary/aromatic N) is 2. The first-order chi connectivity index (χ1) is 12.6. The molecule has 2 amide bonds. The lowest BCUT2D eigenvalue weighted by Crippen LogP contribution is -2.39. The Labute approximate surface area is 157 Å². The van der Waals surface area contributed by atoms with Crippen LogP contribution in [-0.4, -0.2) is 28.2 Å². The van der Waals surface area contributed by atoms with Gasteiger partial charge < -0.3 is 0 Å². The summed E-state index contributed by atoms with van der Waals surface area (Å²) in [5, 5.41) is 0.536. The zero-order valence-electron chi connectivity index (χ0n) is 14.0. The highest BCUT2D eigenvalue weighted by Gasteiger charge is 2.24. The molecular formula is C21H17ClN2O2. The van der Waals surface area contributed by atoms with Crippen molar-refractivity contribution in [2.75, 3.05) is 6.54 Å². The van der Waals surface area contributed by atoms with E-state index in [1.807, 2.05) is 30.3 Å². The van der Waals surface area contributed by atoms with Crippen LogP contribution in [0.25, 0.3) is 0 Å². The molecule has 0 radical (unpaired) electrons. The molecule has 0 atom stereocenters. The van der Waals surface area contributed by atoms with Crippen molar-refractivity contribution in [1.29, 1.82) is 0 Å². The van der Waals surface area contributed by atoms with E-state index in [-0.39, 0.29) is 18.1 Å². The molecule has 3 rings (SSSR count). The minimum atomic E-state index is -0.415. The van der Waals surface area contributed by atoms with Crippen molar-refractivity contribution in [3.8, 4) is 0 Å². The second-order valence-electron chi connectivity index (χ2n) is 5.72. The molecule has 26 heavy (non-hydrogen) atoms. The third-order valence-electron chi connectivity index (χ3n) is 3.93. The van der Waals surface area contributed by atoms with E-state index in [0.717, 1.165) is 5.56 Å². The smallest absolute Gasteiger partial charge is 0.273 e. The number of amides is 2. The molecule has 0 aliphatic rings. The lowest BCUT2D eigenvalue weighted by Gasteiger charge is -2.21. The van der Waals surface area contributed by atoms with Crippen LogP contribution in [0.3, 0.4) is 0 Å². The fourth-order valence-corrected chi connectivity index (χ4v) is 2.68. The highest BCUT2D eigenvalue weighted by atomic mass is 35.5. The average molecular weight is 365 g/mol. The van der Waals surface area contributed by atoms with Crippen LogP contribution in [0, 0.1) is 0 Å². The van der Waals surface area contributed by atoms with Crippen molar-refractivity contribution in [1.82, 2.24) is 9.88 Å². The maximum Gasteiger partial charge on any atom is 0.279 e. The zero-order valence-corrected chi connectivity index (χ0v) is 14.8. The van der Waals surface area contributed by atoms with Gasteiger partial charge in [-0.05, 0) is 48.4 Å². The third-order valence-corrected chi connectivity index (χ3v) is 4.18. The van der Waals surface area contributed by atoms with Gasteiger partial charge in [-0.3, -0.25) is 19.5 Å². The predicted octanol–water partition coefficient (Wildman–Crippen LogP) is 4.26. The minimum Gasteiger partial charge on any atom is -0.273 e. The van der Waals surface area contributed by atoms with Crippen LogP contribution >= 0.6 is 11.6 Å². The monoisotopic (exact) mass is 364 g/mol. The van der Waals surface area contributed by atoms with E-state index < -0.39 is 5.91 Å². The van der Waals surface area contributed by atoms with Gasteiger partial charge >= 0.3 is 0 Å². The Bertz CT molecular complexity index is 881. The molecule has 5 heteroatoms. The van der Waals surface area contributed by atoms with Crippen molar-refractivity contribution >= 4 is 23.4 Å². The van der Waals surface area contributed by atoms with Crippen molar-refractivity contribution in [3.63, 3.8) is 0 Å². The van der Waals surface area contributed by atoms with E-state index >= 15 is 0 Å². The Hall–Kier alpha value is -2.98. The van der Waals surface area contributed by atoms with Crippen molar-refractivity contribution < 1.29 is 9.59 Å². The van der Waals surface area contributed by atoms with E-state index in [1.165, 1.54) is 11.1 Å². The summed E-state index contributed by atoms with van der Waals surface area (Å²) in [6.45, 7) is 0.265. The van der Waals surface area contributed by atoms with E-state index in [2.05, 4.69) is 4.98 Å². The number of carbonyl (C=O) groups excluding carboxylic acids is 2. The Balaban J connectivity index is 1.86. The fourth-order valence-electron chi connectivity index (χ4n) is 2.56. The van der Waals surface area contributed by atoms with Gasteiger partial charge in [0, 0.05) is 23.3 Å². The molecule has 0 spiro atoms. The maximum atomic E-state index is 12.9. The molecular weight excluding hydrogens is 348 g/mol. The van der Waals surface area contributed by atoms with Crippen LogP contribution in [-0.2, 0) is 6.42 Å². The van der Waals surface area contributed by atoms with E-state index in [4.69, 9.17) is 11.6 Å². The molecule has 0 saturated carbocycles. The van der Waals surface area contributed by atoms with Gasteiger partial charge in [0.05, 0.1) is 0 Å². The Kier molecular flexibility index (Phi) is 5.77. The second-order valence-corrected chi connectivity index (χ2v) is 6.16. The zero-order chi connectivity index (χ0) is 18.4. The Morgan fingerprint density at radius 2 is 1.54 bits per heavy atom. The number of benzene rings is 2. The van der Waals surface area contributed by atoms with Crippen LogP contribution in [0.15, 0.2) is 79.0 Å². The van der Waals surface area contributed by atoms with E-state index in [9.17, 15) is 9.59 Å². The second kappa shape index (κ2) is 8.41. The first-order valence-corrected chi connectivity index (χ1v) is 8.59. The number of rotatable bonds is 5. The molecule has 0 fully saturated rings. The van der Waals surface area contributed by atoms with Crippen LogP contribution in [0.5, 0.6) is 0 Å². The van der Waals surface area contributed by atoms with Gasteiger partial charge in [0.15, 0.2) is 0 Å². The van der Waals surface area contributed by atoms with Gasteiger partial charge in [0.2, 0.25) is 0 Å². The number of hydrogen-bond acceptors (Lipinski definition) is 3. The summed E-state index contributed by atoms with van der Waals surface area (Å²) in [5.74, 6) is -0.783. The summed E-state index contributed by atoms with van der Waals surface area (Å²) in [4.78, 5) is 31.1. The molecule has 3 aromatic rings. The summed E-state index contributed by atoms with van der Waals surface area (Å²) in [6, 6.07) is 21.3. The molecule has 0 N–H and O–H groups in total. The van der Waals surface area contributed by atoms with Gasteiger partial charge in [-0.25, -0.2) is 0 Å². The summed E-state index contributed by atoms with van der Waals surface area (Å²) in [6.07, 6.45) is 2.11. The molecule has 1 aromatic heterocycles. The normalized spacial score (nSPS) is 10.3. The van der Waals surface area contributed by atoms with Crippen molar-refractivity contribution in [2.24, 2.45) is 0 Å². The lowest BCUT2D eigenvalue weighted by atomic mass is 10.1. The summed E-state index contributed by atoms with van der Waals surface area (Å²) >= 11 is 5.89. The molecule has 0 saturated heterocycles. The fraction of sp³-hybridized carbons (Fsp3) is 0.0952. The van der Waals surface area contributed by atoms with Crippen molar-refractivity contribution in [2.45, 2.75) is 6.42 Å². The molecule has 2 aromatic carbocycles. The Morgan fingerprint density at radius 3 is 2.19 bits per heavy atom. The highest BCUT2D eigenvalue weighted by Crippen LogP contribution is 2.14. The average Bonchev–Trinajstić information content (AvgIpc) is 2.70. The number of halogens is 1. The van der Waals surface area contributed by atoms with Crippen LogP contribution < -0.4 is 0 Å². The largest absolute Gasteiger partial charge is 0.279 e. The minimum absolute atomic E-state index is 0.239. The topological polar surface area (TPSA) is 50.3 Å². The van der Waals surface area contributed by atoms with Crippen molar-refractivity contribution in [3.05, 3.63) is 101 Å². The quantitative estimate of drug-likeness (QED) is 0.635. The standard InChI is InChI=1S/C21H17ClN2O2/c22-18-11-9-17(10-12-18)20(25)24(15-13-16-6-2-1-3-7-16)21(26)19-8-4-5-14-23-19/h1-12,14H,13,15H2. The summed E-state index contributed by atoms with van der Waals surface area (Å²) < 4.78 is 0. The third kappa shape index (κ3) is 4.35. The van der Waals surface area contributed by atoms with Gasteiger partial charge in [-0.2, -0.15) is 0 Å². The van der Waals surface area contributed by atoms with Crippen LogP contribution in [0.1, 0.15) is 26.4 Å². The first kappa shape index (κ1) is 17.8. The number of aromatic nitrogens is 1. The van der Waals surface area contributed by atoms with Gasteiger partial charge in [-0.15, -0.1) is 0 Å². The molecule has 4 nitrogen and oxygen atoms in total. The van der Waals surface area contributed by atoms with Gasteiger partial charge in [-0.1, -0.05) is 48.0 Å². The molecule has 1 heterocycles. The van der Waals surface area contributed by atoms with Gasteiger partial charge in [0.25, 0.3) is 11.8 Å². The maximum absolute atomic E-state index is 12.9. The van der Waals surface area contributed by atoms with Crippen LogP contribution in [0.4, 0.5) is 0 Å². The molecule has 0 unspecified atom stereocenters. The first-order valence-electron chi connectivity index (χ1n) is 8.22. The predicted molar refractivity (Wildman–Crippen MR) is 101 cm³/mol. The van der Waals surface area contributed by atoms with Gasteiger partial charge in [0.1, 0.15) is 5.69 Å². The number of carbonyl (C=O) groups is 2. The Morgan fingerprint density at radius 1 is 0.846 bits per heavy atom. The molecule has 130 valence electrons. The molecule has 0 bridgehead atoms. The summed E-state index contributed by atoms with van der Waals surface area (Å²) in [7, 11) is 0. The number of pyridine rings is 1. The SMILES string of the molecule is O=C(c1ccc(Cl)cc1)N(CCc1ccccc1)C(=O)c1ccccn1. The van der Waals surface area contributed by atoms with E-state index in [0.29, 0.717) is 17.0 Å². The molecule has 0 aliphatic heterocycles.